The van der Waals surface area contributed by atoms with Crippen molar-refractivity contribution in [3.63, 3.8) is 0 Å². The fourth-order valence-electron chi connectivity index (χ4n) is 3.62. The fourth-order valence-corrected chi connectivity index (χ4v) is 3.62. The van der Waals surface area contributed by atoms with Crippen LogP contribution in [0.1, 0.15) is 37.7 Å². The molecule has 1 heterocycles. The molecular weight excluding hydrogens is 292 g/mol. The monoisotopic (exact) mass is 316 g/mol. The Morgan fingerprint density at radius 1 is 0.917 bits per heavy atom. The van der Waals surface area contributed by atoms with Crippen LogP contribution in [0.5, 0.6) is 0 Å². The van der Waals surface area contributed by atoms with Gasteiger partial charge in [0.05, 0.1) is 5.69 Å². The van der Waals surface area contributed by atoms with Gasteiger partial charge in [-0.25, -0.2) is 4.98 Å². The van der Waals surface area contributed by atoms with Crippen molar-refractivity contribution >= 4 is 16.6 Å². The van der Waals surface area contributed by atoms with Crippen LogP contribution in [0, 0.1) is 6.92 Å². The van der Waals surface area contributed by atoms with Gasteiger partial charge in [-0.15, -0.1) is 0 Å². The number of fused-ring (bicyclic) bond motifs is 1. The molecule has 0 aliphatic heterocycles. The second kappa shape index (κ2) is 6.64. The van der Waals surface area contributed by atoms with E-state index in [-0.39, 0.29) is 0 Å². The molecule has 2 nitrogen and oxygen atoms in total. The summed E-state index contributed by atoms with van der Waals surface area (Å²) in [6.45, 7) is 2.12. The molecule has 1 N–H and O–H groups in total. The first-order valence-electron chi connectivity index (χ1n) is 9.03. The molecule has 1 fully saturated rings. The Kier molecular flexibility index (Phi) is 4.20. The van der Waals surface area contributed by atoms with Gasteiger partial charge in [-0.3, -0.25) is 0 Å². The third kappa shape index (κ3) is 3.14. The number of aryl methyl sites for hydroxylation is 1. The number of hydrogen-bond acceptors (Lipinski definition) is 2. The third-order valence-corrected chi connectivity index (χ3v) is 5.03. The molecule has 0 amide bonds. The topological polar surface area (TPSA) is 24.9 Å². The Labute approximate surface area is 143 Å². The minimum Gasteiger partial charge on any atom is -0.367 e. The van der Waals surface area contributed by atoms with Gasteiger partial charge in [0.2, 0.25) is 0 Å². The summed E-state index contributed by atoms with van der Waals surface area (Å²) in [4.78, 5) is 4.98. The fraction of sp³-hybridized carbons (Fsp3) is 0.318. The molecule has 1 saturated carbocycles. The van der Waals surface area contributed by atoms with Crippen molar-refractivity contribution in [3.05, 3.63) is 60.2 Å². The second-order valence-corrected chi connectivity index (χ2v) is 6.92. The molecule has 2 aromatic carbocycles. The first kappa shape index (κ1) is 15.2. The zero-order valence-corrected chi connectivity index (χ0v) is 14.3. The summed E-state index contributed by atoms with van der Waals surface area (Å²) < 4.78 is 0. The molecule has 0 saturated heterocycles. The number of anilines is 1. The van der Waals surface area contributed by atoms with Crippen LogP contribution in [0.15, 0.2) is 54.6 Å². The molecule has 2 heteroatoms. The van der Waals surface area contributed by atoms with E-state index in [2.05, 4.69) is 66.8 Å². The molecule has 0 bridgehead atoms. The van der Waals surface area contributed by atoms with Gasteiger partial charge in [-0.2, -0.15) is 0 Å². The maximum atomic E-state index is 4.98. The summed E-state index contributed by atoms with van der Waals surface area (Å²) in [6, 6.07) is 19.9. The average Bonchev–Trinajstić information content (AvgIpc) is 2.63. The molecule has 3 aromatic rings. The van der Waals surface area contributed by atoms with Crippen molar-refractivity contribution in [3.8, 4) is 11.3 Å². The van der Waals surface area contributed by atoms with E-state index in [4.69, 9.17) is 4.98 Å². The van der Waals surface area contributed by atoms with Crippen molar-refractivity contribution in [1.82, 2.24) is 4.98 Å². The quantitative estimate of drug-likeness (QED) is 0.645. The standard InChI is InChI=1S/C22H24N2/c1-16-11-13-17(14-12-16)21-15-18-7-5-6-10-20(18)22(24-21)23-19-8-3-2-4-9-19/h5-7,10-15,19H,2-4,8-9H2,1H3,(H,23,24). The van der Waals surface area contributed by atoms with Gasteiger partial charge in [0.15, 0.2) is 0 Å². The minimum atomic E-state index is 0.558. The maximum absolute atomic E-state index is 4.98. The van der Waals surface area contributed by atoms with Crippen LogP contribution in [0.25, 0.3) is 22.0 Å². The van der Waals surface area contributed by atoms with Gasteiger partial charge < -0.3 is 5.32 Å². The van der Waals surface area contributed by atoms with E-state index in [0.717, 1.165) is 11.5 Å². The van der Waals surface area contributed by atoms with Gasteiger partial charge in [0.1, 0.15) is 5.82 Å². The van der Waals surface area contributed by atoms with E-state index in [1.165, 1.54) is 54.0 Å². The lowest BCUT2D eigenvalue weighted by molar-refractivity contribution is 0.462. The van der Waals surface area contributed by atoms with E-state index in [9.17, 15) is 0 Å². The number of benzene rings is 2. The summed E-state index contributed by atoms with van der Waals surface area (Å²) >= 11 is 0. The predicted molar refractivity (Wildman–Crippen MR) is 102 cm³/mol. The van der Waals surface area contributed by atoms with Crippen LogP contribution in [0.4, 0.5) is 5.82 Å². The molecule has 24 heavy (non-hydrogen) atoms. The van der Waals surface area contributed by atoms with Crippen LogP contribution in [-0.2, 0) is 0 Å². The SMILES string of the molecule is Cc1ccc(-c2cc3ccccc3c(NC3CCCCC3)n2)cc1. The van der Waals surface area contributed by atoms with E-state index in [1.54, 1.807) is 0 Å². The first-order valence-corrected chi connectivity index (χ1v) is 9.03. The van der Waals surface area contributed by atoms with Crippen LogP contribution in [-0.4, -0.2) is 11.0 Å². The molecular formula is C22H24N2. The summed E-state index contributed by atoms with van der Waals surface area (Å²) in [7, 11) is 0. The van der Waals surface area contributed by atoms with Crippen LogP contribution < -0.4 is 5.32 Å². The van der Waals surface area contributed by atoms with E-state index in [1.807, 2.05) is 0 Å². The molecule has 0 unspecified atom stereocenters. The van der Waals surface area contributed by atoms with Gasteiger partial charge in [0.25, 0.3) is 0 Å². The van der Waals surface area contributed by atoms with E-state index >= 15 is 0 Å². The molecule has 1 aliphatic carbocycles. The van der Waals surface area contributed by atoms with Gasteiger partial charge in [-0.05, 0) is 31.2 Å². The lowest BCUT2D eigenvalue weighted by atomic mass is 9.95. The highest BCUT2D eigenvalue weighted by atomic mass is 15.0. The normalized spacial score (nSPS) is 15.5. The van der Waals surface area contributed by atoms with Crippen molar-refractivity contribution in [2.45, 2.75) is 45.1 Å². The first-order chi connectivity index (χ1) is 11.8. The Bertz CT molecular complexity index is 830. The Morgan fingerprint density at radius 2 is 1.67 bits per heavy atom. The third-order valence-electron chi connectivity index (χ3n) is 5.03. The number of pyridine rings is 1. The number of rotatable bonds is 3. The lowest BCUT2D eigenvalue weighted by Gasteiger charge is -2.24. The van der Waals surface area contributed by atoms with E-state index in [0.29, 0.717) is 6.04 Å². The van der Waals surface area contributed by atoms with Gasteiger partial charge in [0, 0.05) is 17.0 Å². The molecule has 1 aliphatic rings. The van der Waals surface area contributed by atoms with Crippen molar-refractivity contribution in [2.24, 2.45) is 0 Å². The number of nitrogens with one attached hydrogen (secondary N) is 1. The molecule has 0 atom stereocenters. The minimum absolute atomic E-state index is 0.558. The van der Waals surface area contributed by atoms with Crippen LogP contribution in [0.2, 0.25) is 0 Å². The second-order valence-electron chi connectivity index (χ2n) is 6.92. The maximum Gasteiger partial charge on any atom is 0.134 e. The zero-order chi connectivity index (χ0) is 16.4. The lowest BCUT2D eigenvalue weighted by Crippen LogP contribution is -2.23. The van der Waals surface area contributed by atoms with Crippen LogP contribution in [0.3, 0.4) is 0 Å². The number of hydrogen-bond donors (Lipinski definition) is 1. The molecule has 0 radical (unpaired) electrons. The molecule has 0 spiro atoms. The highest BCUT2D eigenvalue weighted by Gasteiger charge is 2.15. The van der Waals surface area contributed by atoms with Crippen molar-refractivity contribution < 1.29 is 0 Å². The number of aromatic nitrogens is 1. The van der Waals surface area contributed by atoms with Crippen molar-refractivity contribution in [2.75, 3.05) is 5.32 Å². The highest BCUT2D eigenvalue weighted by Crippen LogP contribution is 2.30. The Morgan fingerprint density at radius 3 is 2.46 bits per heavy atom. The van der Waals surface area contributed by atoms with Crippen LogP contribution >= 0.6 is 0 Å². The molecule has 1 aromatic heterocycles. The smallest absolute Gasteiger partial charge is 0.134 e. The Hall–Kier alpha value is -2.35. The zero-order valence-electron chi connectivity index (χ0n) is 14.3. The summed E-state index contributed by atoms with van der Waals surface area (Å²) in [5, 5.41) is 6.21. The predicted octanol–water partition coefficient (Wildman–Crippen LogP) is 5.95. The summed E-state index contributed by atoms with van der Waals surface area (Å²) in [5.41, 5.74) is 3.50. The summed E-state index contributed by atoms with van der Waals surface area (Å²) in [6.07, 6.45) is 6.53. The molecule has 4 rings (SSSR count). The largest absolute Gasteiger partial charge is 0.367 e. The van der Waals surface area contributed by atoms with Gasteiger partial charge in [-0.1, -0.05) is 73.4 Å². The van der Waals surface area contributed by atoms with E-state index < -0.39 is 0 Å². The Balaban J connectivity index is 1.76. The summed E-state index contributed by atoms with van der Waals surface area (Å²) in [5.74, 6) is 1.04. The number of nitrogens with zero attached hydrogens (tertiary/aromatic N) is 1. The van der Waals surface area contributed by atoms with Crippen molar-refractivity contribution in [1.29, 1.82) is 0 Å². The average molecular weight is 316 g/mol. The van der Waals surface area contributed by atoms with Gasteiger partial charge >= 0.3 is 0 Å². The highest BCUT2D eigenvalue weighted by molar-refractivity contribution is 5.94. The molecule has 122 valence electrons.